The summed E-state index contributed by atoms with van der Waals surface area (Å²) in [6.07, 6.45) is -1.68. The summed E-state index contributed by atoms with van der Waals surface area (Å²) in [6, 6.07) is 2.63. The number of hydrogen-bond donors (Lipinski definition) is 2. The van der Waals surface area contributed by atoms with Crippen LogP contribution in [0.25, 0.3) is 0 Å². The van der Waals surface area contributed by atoms with Crippen LogP contribution in [0.4, 0.5) is 4.39 Å². The number of carbonyl (C=O) groups is 1. The van der Waals surface area contributed by atoms with Gasteiger partial charge in [-0.3, -0.25) is 0 Å². The number of esters is 1. The first-order valence-electron chi connectivity index (χ1n) is 4.23. The second kappa shape index (κ2) is 4.27. The van der Waals surface area contributed by atoms with Crippen molar-refractivity contribution in [3.63, 3.8) is 0 Å². The van der Waals surface area contributed by atoms with Crippen molar-refractivity contribution in [1.82, 2.24) is 0 Å². The Morgan fingerprint density at radius 1 is 1.53 bits per heavy atom. The van der Waals surface area contributed by atoms with Gasteiger partial charge in [-0.05, 0) is 12.5 Å². The van der Waals surface area contributed by atoms with Crippen LogP contribution in [-0.2, 0) is 9.53 Å². The fourth-order valence-electron chi connectivity index (χ4n) is 1.14. The maximum absolute atomic E-state index is 13.2. The molecule has 2 N–H and O–H groups in total. The van der Waals surface area contributed by atoms with Gasteiger partial charge in [-0.15, -0.1) is 0 Å². The predicted molar refractivity (Wildman–Crippen MR) is 49.8 cm³/mol. The van der Waals surface area contributed by atoms with Gasteiger partial charge in [-0.25, -0.2) is 9.18 Å². The first-order valence-corrected chi connectivity index (χ1v) is 4.23. The highest BCUT2D eigenvalue weighted by Gasteiger charge is 2.23. The molecule has 0 bridgehead atoms. The number of methoxy groups -OCH3 is 1. The van der Waals surface area contributed by atoms with Gasteiger partial charge in [0.2, 0.25) is 0 Å². The molecule has 0 saturated heterocycles. The van der Waals surface area contributed by atoms with Crippen molar-refractivity contribution in [2.45, 2.75) is 13.0 Å². The molecule has 0 heterocycles. The number of halogens is 1. The lowest BCUT2D eigenvalue weighted by molar-refractivity contribution is -0.150. The van der Waals surface area contributed by atoms with Gasteiger partial charge in [0.25, 0.3) is 0 Å². The first kappa shape index (κ1) is 11.5. The number of benzene rings is 1. The van der Waals surface area contributed by atoms with Gasteiger partial charge in [0.15, 0.2) is 17.7 Å². The third-order valence-electron chi connectivity index (χ3n) is 2.06. The molecule has 0 radical (unpaired) electrons. The second-order valence-electron chi connectivity index (χ2n) is 3.06. The lowest BCUT2D eigenvalue weighted by Crippen LogP contribution is -2.14. The molecule has 0 aromatic heterocycles. The summed E-state index contributed by atoms with van der Waals surface area (Å²) in [4.78, 5) is 11.0. The molecule has 1 unspecified atom stereocenters. The topological polar surface area (TPSA) is 66.8 Å². The molecule has 15 heavy (non-hydrogen) atoms. The number of ether oxygens (including phenoxy) is 1. The van der Waals surface area contributed by atoms with Crippen LogP contribution >= 0.6 is 0 Å². The molecule has 0 aliphatic carbocycles. The average molecular weight is 214 g/mol. The number of phenolic OH excluding ortho intramolecular Hbond substituents is 1. The quantitative estimate of drug-likeness (QED) is 0.722. The Morgan fingerprint density at radius 2 is 2.13 bits per heavy atom. The maximum atomic E-state index is 13.2. The van der Waals surface area contributed by atoms with E-state index in [0.717, 1.165) is 7.11 Å². The van der Waals surface area contributed by atoms with Gasteiger partial charge in [-0.1, -0.05) is 12.1 Å². The maximum Gasteiger partial charge on any atom is 0.339 e. The van der Waals surface area contributed by atoms with Gasteiger partial charge in [0, 0.05) is 5.56 Å². The van der Waals surface area contributed by atoms with Gasteiger partial charge in [0.1, 0.15) is 0 Å². The molecule has 82 valence electrons. The Kier molecular flexibility index (Phi) is 3.26. The third-order valence-corrected chi connectivity index (χ3v) is 2.06. The van der Waals surface area contributed by atoms with Crippen molar-refractivity contribution in [2.75, 3.05) is 7.11 Å². The van der Waals surface area contributed by atoms with E-state index in [0.29, 0.717) is 0 Å². The van der Waals surface area contributed by atoms with Crippen molar-refractivity contribution in [2.24, 2.45) is 0 Å². The van der Waals surface area contributed by atoms with Crippen LogP contribution < -0.4 is 0 Å². The molecule has 1 aromatic rings. The summed E-state index contributed by atoms with van der Waals surface area (Å²) in [5, 5.41) is 18.7. The largest absolute Gasteiger partial charge is 0.505 e. The number of aryl methyl sites for hydroxylation is 1. The minimum absolute atomic E-state index is 0.204. The number of phenols is 1. The molecular weight excluding hydrogens is 203 g/mol. The van der Waals surface area contributed by atoms with Crippen molar-refractivity contribution >= 4 is 5.97 Å². The normalized spacial score (nSPS) is 12.3. The van der Waals surface area contributed by atoms with E-state index >= 15 is 0 Å². The Balaban J connectivity index is 3.16. The standard InChI is InChI=1S/C10H11FO4/c1-5-3-4-6(8(12)7(5)11)9(13)10(14)15-2/h3-4,9,12-13H,1-2H3. The van der Waals surface area contributed by atoms with Crippen LogP contribution in [-0.4, -0.2) is 23.3 Å². The monoisotopic (exact) mass is 214 g/mol. The van der Waals surface area contributed by atoms with Gasteiger partial charge < -0.3 is 14.9 Å². The van der Waals surface area contributed by atoms with E-state index in [9.17, 15) is 19.4 Å². The Labute approximate surface area is 85.9 Å². The number of aliphatic hydroxyl groups excluding tert-OH is 1. The number of aliphatic hydroxyl groups is 1. The Morgan fingerprint density at radius 3 is 2.67 bits per heavy atom. The average Bonchev–Trinajstić information content (AvgIpc) is 2.24. The van der Waals surface area contributed by atoms with Crippen LogP contribution in [0.1, 0.15) is 17.2 Å². The van der Waals surface area contributed by atoms with Crippen LogP contribution in [0.5, 0.6) is 5.75 Å². The zero-order valence-corrected chi connectivity index (χ0v) is 8.32. The smallest absolute Gasteiger partial charge is 0.339 e. The number of rotatable bonds is 2. The van der Waals surface area contributed by atoms with E-state index < -0.39 is 23.6 Å². The van der Waals surface area contributed by atoms with E-state index in [1.165, 1.54) is 19.1 Å². The molecule has 5 heteroatoms. The zero-order valence-electron chi connectivity index (χ0n) is 8.32. The van der Waals surface area contributed by atoms with Crippen molar-refractivity contribution in [3.05, 3.63) is 29.1 Å². The minimum atomic E-state index is -1.68. The zero-order chi connectivity index (χ0) is 11.6. The van der Waals surface area contributed by atoms with E-state index in [1.54, 1.807) is 0 Å². The Bertz CT molecular complexity index is 389. The highest BCUT2D eigenvalue weighted by Crippen LogP contribution is 2.29. The van der Waals surface area contributed by atoms with Crippen LogP contribution in [0.2, 0.25) is 0 Å². The molecule has 1 aromatic carbocycles. The first-order chi connectivity index (χ1) is 6.99. The highest BCUT2D eigenvalue weighted by molar-refractivity contribution is 5.77. The van der Waals surface area contributed by atoms with Crippen molar-refractivity contribution in [3.8, 4) is 5.75 Å². The Hall–Kier alpha value is -1.62. The summed E-state index contributed by atoms with van der Waals surface area (Å²) >= 11 is 0. The summed E-state index contributed by atoms with van der Waals surface area (Å²) < 4.78 is 17.5. The fraction of sp³-hybridized carbons (Fsp3) is 0.300. The predicted octanol–water partition coefficient (Wildman–Crippen LogP) is 1.05. The molecular formula is C10H11FO4. The van der Waals surface area contributed by atoms with E-state index in [1.807, 2.05) is 0 Å². The van der Waals surface area contributed by atoms with Crippen LogP contribution in [0.15, 0.2) is 12.1 Å². The van der Waals surface area contributed by atoms with Gasteiger partial charge in [0.05, 0.1) is 7.11 Å². The SMILES string of the molecule is COC(=O)C(O)c1ccc(C)c(F)c1O. The molecule has 4 nitrogen and oxygen atoms in total. The van der Waals surface area contributed by atoms with Gasteiger partial charge >= 0.3 is 5.97 Å². The second-order valence-corrected chi connectivity index (χ2v) is 3.06. The molecule has 0 aliphatic rings. The third kappa shape index (κ3) is 2.07. The van der Waals surface area contributed by atoms with E-state index in [4.69, 9.17) is 0 Å². The van der Waals surface area contributed by atoms with E-state index in [2.05, 4.69) is 4.74 Å². The minimum Gasteiger partial charge on any atom is -0.505 e. The molecule has 1 atom stereocenters. The fourth-order valence-corrected chi connectivity index (χ4v) is 1.14. The molecule has 0 fully saturated rings. The summed E-state index contributed by atoms with van der Waals surface area (Å²) in [7, 11) is 1.09. The lowest BCUT2D eigenvalue weighted by Gasteiger charge is -2.11. The molecule has 0 saturated carbocycles. The van der Waals surface area contributed by atoms with Crippen molar-refractivity contribution in [1.29, 1.82) is 0 Å². The molecule has 1 rings (SSSR count). The number of hydrogen-bond acceptors (Lipinski definition) is 4. The van der Waals surface area contributed by atoms with Crippen LogP contribution in [0, 0.1) is 12.7 Å². The van der Waals surface area contributed by atoms with E-state index in [-0.39, 0.29) is 11.1 Å². The molecule has 0 amide bonds. The number of aromatic hydroxyl groups is 1. The highest BCUT2D eigenvalue weighted by atomic mass is 19.1. The van der Waals surface area contributed by atoms with Crippen molar-refractivity contribution < 1.29 is 24.1 Å². The lowest BCUT2D eigenvalue weighted by atomic mass is 10.1. The summed E-state index contributed by atoms with van der Waals surface area (Å²) in [6.45, 7) is 1.46. The van der Waals surface area contributed by atoms with Crippen LogP contribution in [0.3, 0.4) is 0 Å². The number of carbonyl (C=O) groups excluding carboxylic acids is 1. The molecule has 0 spiro atoms. The summed E-state index contributed by atoms with van der Waals surface area (Å²) in [5.41, 5.74) is 0.0262. The van der Waals surface area contributed by atoms with Gasteiger partial charge in [-0.2, -0.15) is 0 Å². The summed E-state index contributed by atoms with van der Waals surface area (Å²) in [5.74, 6) is -2.53. The molecule has 0 aliphatic heterocycles.